The second kappa shape index (κ2) is 13.8. The van der Waals surface area contributed by atoms with Crippen LogP contribution in [0.15, 0.2) is 97.1 Å². The van der Waals surface area contributed by atoms with Crippen LogP contribution >= 0.6 is 0 Å². The molecule has 0 saturated heterocycles. The van der Waals surface area contributed by atoms with E-state index in [4.69, 9.17) is 10.2 Å². The van der Waals surface area contributed by atoms with Gasteiger partial charge in [-0.05, 0) is 57.9 Å². The van der Waals surface area contributed by atoms with Gasteiger partial charge in [0.2, 0.25) is 0 Å². The van der Waals surface area contributed by atoms with Crippen LogP contribution < -0.4 is 0 Å². The van der Waals surface area contributed by atoms with Crippen LogP contribution in [0.2, 0.25) is 0 Å². The van der Waals surface area contributed by atoms with Gasteiger partial charge in [0.05, 0.1) is 0 Å². The molecule has 0 heterocycles. The van der Waals surface area contributed by atoms with Gasteiger partial charge < -0.3 is 10.2 Å². The molecular weight excluding hydrogens is 492 g/mol. The smallest absolute Gasteiger partial charge is 0.328 e. The Hall–Kier alpha value is -4.58. The zero-order valence-electron chi connectivity index (χ0n) is 22.0. The normalized spacial score (nSPS) is 11.5. The molecule has 0 fully saturated rings. The van der Waals surface area contributed by atoms with Gasteiger partial charge in [0.25, 0.3) is 0 Å². The minimum absolute atomic E-state index is 0.0913. The summed E-state index contributed by atoms with van der Waals surface area (Å²) in [6, 6.07) is 24.0. The molecule has 3 aromatic carbocycles. The molecule has 3 rings (SSSR count). The number of aliphatic carboxylic acids is 2. The molecule has 0 aromatic heterocycles. The Morgan fingerprint density at radius 3 is 1.21 bits per heavy atom. The van der Waals surface area contributed by atoms with Crippen molar-refractivity contribution in [2.24, 2.45) is 5.92 Å². The van der Waals surface area contributed by atoms with Gasteiger partial charge >= 0.3 is 11.9 Å². The Bertz CT molecular complexity index is 1280. The molecule has 0 amide bonds. The van der Waals surface area contributed by atoms with Crippen molar-refractivity contribution < 1.29 is 29.4 Å². The molecular formula is C33H32O6. The first-order chi connectivity index (χ1) is 18.6. The van der Waals surface area contributed by atoms with Gasteiger partial charge in [0.1, 0.15) is 0 Å². The fourth-order valence-corrected chi connectivity index (χ4v) is 4.40. The van der Waals surface area contributed by atoms with Crippen LogP contribution in [0.1, 0.15) is 53.1 Å². The first-order valence-corrected chi connectivity index (χ1v) is 12.7. The maximum Gasteiger partial charge on any atom is 0.328 e. The van der Waals surface area contributed by atoms with Crippen molar-refractivity contribution in [3.05, 3.63) is 130 Å². The van der Waals surface area contributed by atoms with Crippen molar-refractivity contribution in [2.45, 2.75) is 39.0 Å². The van der Waals surface area contributed by atoms with Crippen LogP contribution in [0.3, 0.4) is 0 Å². The lowest BCUT2D eigenvalue weighted by Crippen LogP contribution is -2.06. The number of carbonyl (C=O) groups excluding carboxylic acids is 2. The van der Waals surface area contributed by atoms with E-state index in [1.807, 2.05) is 48.5 Å². The van der Waals surface area contributed by atoms with Gasteiger partial charge in [0, 0.05) is 30.9 Å². The lowest BCUT2D eigenvalue weighted by atomic mass is 9.83. The van der Waals surface area contributed by atoms with Crippen molar-refractivity contribution in [3.8, 4) is 0 Å². The molecule has 0 bridgehead atoms. The van der Waals surface area contributed by atoms with Crippen LogP contribution in [0.5, 0.6) is 0 Å². The second-order valence-electron chi connectivity index (χ2n) is 9.89. The van der Waals surface area contributed by atoms with Gasteiger partial charge in [-0.3, -0.25) is 9.59 Å². The molecule has 0 aliphatic heterocycles. The van der Waals surface area contributed by atoms with Crippen LogP contribution in [0.25, 0.3) is 0 Å². The fraction of sp³-hybridized carbons (Fsp3) is 0.212. The third kappa shape index (κ3) is 9.34. The largest absolute Gasteiger partial charge is 0.478 e. The summed E-state index contributed by atoms with van der Waals surface area (Å²) in [5.74, 6) is -2.43. The Morgan fingerprint density at radius 2 is 0.897 bits per heavy atom. The van der Waals surface area contributed by atoms with Crippen molar-refractivity contribution in [1.82, 2.24) is 0 Å². The summed E-state index contributed by atoms with van der Waals surface area (Å²) in [5, 5.41) is 17.5. The average molecular weight is 525 g/mol. The predicted octanol–water partition coefficient (Wildman–Crippen LogP) is 5.57. The molecule has 3 aromatic rings. The van der Waals surface area contributed by atoms with E-state index in [9.17, 15) is 19.2 Å². The quantitative estimate of drug-likeness (QED) is 0.224. The number of carbonyl (C=O) groups is 4. The van der Waals surface area contributed by atoms with E-state index in [-0.39, 0.29) is 30.3 Å². The highest BCUT2D eigenvalue weighted by Crippen LogP contribution is 2.33. The second-order valence-corrected chi connectivity index (χ2v) is 9.89. The van der Waals surface area contributed by atoms with Crippen LogP contribution in [0, 0.1) is 5.92 Å². The van der Waals surface area contributed by atoms with Crippen LogP contribution in [0.4, 0.5) is 0 Å². The summed E-state index contributed by atoms with van der Waals surface area (Å²) in [7, 11) is 0. The Labute approximate surface area is 228 Å². The monoisotopic (exact) mass is 524 g/mol. The molecule has 2 N–H and O–H groups in total. The topological polar surface area (TPSA) is 109 Å². The van der Waals surface area contributed by atoms with E-state index in [2.05, 4.69) is 38.1 Å². The van der Waals surface area contributed by atoms with E-state index >= 15 is 0 Å². The van der Waals surface area contributed by atoms with Gasteiger partial charge in [-0.2, -0.15) is 0 Å². The summed E-state index contributed by atoms with van der Waals surface area (Å²) in [5.41, 5.74) is 5.98. The standard InChI is InChI=1S/C33H32O6/c1-22(2)19-23-3-9-26(10-4-23)33(27-11-5-24(6-12-27)20-29(34)15-17-31(36)37)28-13-7-25(8-14-28)21-30(35)16-18-32(38)39/h3-18,22,33H,19-21H2,1-2H3,(H,36,37)(H,38,39)/b17-15+,18-16+. The van der Waals surface area contributed by atoms with E-state index in [0.29, 0.717) is 5.92 Å². The maximum absolute atomic E-state index is 12.1. The van der Waals surface area contributed by atoms with Gasteiger partial charge in [-0.25, -0.2) is 9.59 Å². The van der Waals surface area contributed by atoms with E-state index < -0.39 is 11.9 Å². The summed E-state index contributed by atoms with van der Waals surface area (Å²) in [6.07, 6.45) is 5.03. The summed E-state index contributed by atoms with van der Waals surface area (Å²) < 4.78 is 0. The summed E-state index contributed by atoms with van der Waals surface area (Å²) in [4.78, 5) is 45.5. The molecule has 0 aliphatic carbocycles. The molecule has 0 spiro atoms. The van der Waals surface area contributed by atoms with E-state index in [1.165, 1.54) is 5.56 Å². The Balaban J connectivity index is 1.89. The average Bonchev–Trinajstić information content (AvgIpc) is 2.89. The van der Waals surface area contributed by atoms with Crippen molar-refractivity contribution in [2.75, 3.05) is 0 Å². The molecule has 0 saturated carbocycles. The number of carboxylic acids is 2. The summed E-state index contributed by atoms with van der Waals surface area (Å²) >= 11 is 0. The molecule has 0 aliphatic rings. The number of benzene rings is 3. The molecule has 0 radical (unpaired) electrons. The predicted molar refractivity (Wildman–Crippen MR) is 150 cm³/mol. The molecule has 39 heavy (non-hydrogen) atoms. The zero-order chi connectivity index (χ0) is 28.4. The molecule has 6 nitrogen and oxygen atoms in total. The highest BCUT2D eigenvalue weighted by atomic mass is 16.4. The van der Waals surface area contributed by atoms with Gasteiger partial charge in [-0.1, -0.05) is 86.6 Å². The van der Waals surface area contributed by atoms with Crippen LogP contribution in [-0.4, -0.2) is 33.7 Å². The number of allylic oxidation sites excluding steroid dienone is 2. The first kappa shape index (κ1) is 29.0. The first-order valence-electron chi connectivity index (χ1n) is 12.7. The Kier molecular flexibility index (Phi) is 10.3. The number of rotatable bonds is 13. The van der Waals surface area contributed by atoms with Gasteiger partial charge in [0.15, 0.2) is 11.6 Å². The highest BCUT2D eigenvalue weighted by molar-refractivity contribution is 5.97. The van der Waals surface area contributed by atoms with Crippen molar-refractivity contribution in [3.63, 3.8) is 0 Å². The lowest BCUT2D eigenvalue weighted by Gasteiger charge is -2.20. The van der Waals surface area contributed by atoms with Crippen LogP contribution in [-0.2, 0) is 38.4 Å². The lowest BCUT2D eigenvalue weighted by molar-refractivity contribution is -0.132. The Morgan fingerprint density at radius 1 is 0.564 bits per heavy atom. The maximum atomic E-state index is 12.1. The number of carboxylic acid groups (broad SMARTS) is 2. The molecule has 0 unspecified atom stereocenters. The minimum Gasteiger partial charge on any atom is -0.478 e. The third-order valence-electron chi connectivity index (χ3n) is 6.16. The number of hydrogen-bond acceptors (Lipinski definition) is 4. The summed E-state index contributed by atoms with van der Waals surface area (Å²) in [6.45, 7) is 4.37. The number of ketones is 2. The molecule has 6 heteroatoms. The number of hydrogen-bond donors (Lipinski definition) is 2. The van der Waals surface area contributed by atoms with Crippen molar-refractivity contribution in [1.29, 1.82) is 0 Å². The minimum atomic E-state index is -1.16. The third-order valence-corrected chi connectivity index (χ3v) is 6.16. The van der Waals surface area contributed by atoms with E-state index in [1.54, 1.807) is 0 Å². The zero-order valence-corrected chi connectivity index (χ0v) is 22.0. The highest BCUT2D eigenvalue weighted by Gasteiger charge is 2.18. The SMILES string of the molecule is CC(C)Cc1ccc(C(c2ccc(CC(=O)/C=C/C(=O)O)cc2)c2ccc(CC(=O)/C=C/C(=O)O)cc2)cc1. The molecule has 200 valence electrons. The fourth-order valence-electron chi connectivity index (χ4n) is 4.40. The van der Waals surface area contributed by atoms with Gasteiger partial charge in [-0.15, -0.1) is 0 Å². The van der Waals surface area contributed by atoms with E-state index in [0.717, 1.165) is 58.5 Å². The molecule has 0 atom stereocenters. The van der Waals surface area contributed by atoms with Crippen molar-refractivity contribution >= 4 is 23.5 Å².